The summed E-state index contributed by atoms with van der Waals surface area (Å²) in [6.45, 7) is 10.4. The highest BCUT2D eigenvalue weighted by molar-refractivity contribution is 5.82. The van der Waals surface area contributed by atoms with E-state index in [1.54, 1.807) is 0 Å². The number of aromatic nitrogens is 1. The molecule has 0 unspecified atom stereocenters. The van der Waals surface area contributed by atoms with Crippen LogP contribution >= 0.6 is 0 Å². The van der Waals surface area contributed by atoms with Gasteiger partial charge in [0.2, 0.25) is 5.91 Å². The molecule has 1 aromatic carbocycles. The summed E-state index contributed by atoms with van der Waals surface area (Å²) in [6.07, 6.45) is 4.51. The van der Waals surface area contributed by atoms with Gasteiger partial charge in [-0.3, -0.25) is 4.79 Å². The number of anilines is 3. The van der Waals surface area contributed by atoms with Gasteiger partial charge < -0.3 is 20.9 Å². The van der Waals surface area contributed by atoms with Crippen molar-refractivity contribution in [3.8, 4) is 0 Å². The molecular weight excluding hydrogens is 398 g/mol. The van der Waals surface area contributed by atoms with Crippen LogP contribution in [0.15, 0.2) is 36.4 Å². The highest BCUT2D eigenvalue weighted by atomic mass is 16.2. The molecule has 3 N–H and O–H groups in total. The number of aryl methyl sites for hydroxylation is 1. The second kappa shape index (κ2) is 10.3. The van der Waals surface area contributed by atoms with Crippen LogP contribution in [-0.4, -0.2) is 36.6 Å². The summed E-state index contributed by atoms with van der Waals surface area (Å²) < 4.78 is 0. The number of piperidine rings is 1. The van der Waals surface area contributed by atoms with Gasteiger partial charge in [0, 0.05) is 25.3 Å². The van der Waals surface area contributed by atoms with Crippen molar-refractivity contribution in [2.45, 2.75) is 59.0 Å². The second-order valence-corrected chi connectivity index (χ2v) is 9.56. The van der Waals surface area contributed by atoms with Crippen LogP contribution in [0.3, 0.4) is 0 Å². The maximum atomic E-state index is 12.2. The average Bonchev–Trinajstić information content (AvgIpc) is 3.35. The molecule has 0 bridgehead atoms. The van der Waals surface area contributed by atoms with E-state index >= 15 is 0 Å². The molecule has 1 aromatic heterocycles. The number of pyridine rings is 1. The van der Waals surface area contributed by atoms with Crippen LogP contribution in [0.1, 0.15) is 50.8 Å². The van der Waals surface area contributed by atoms with Crippen LogP contribution < -0.4 is 20.9 Å². The van der Waals surface area contributed by atoms with Crippen LogP contribution in [0, 0.1) is 18.8 Å². The lowest BCUT2D eigenvalue weighted by Crippen LogP contribution is -2.39. The first-order valence-corrected chi connectivity index (χ1v) is 12.1. The van der Waals surface area contributed by atoms with Gasteiger partial charge >= 0.3 is 0 Å². The highest BCUT2D eigenvalue weighted by Crippen LogP contribution is 2.29. The van der Waals surface area contributed by atoms with E-state index in [-0.39, 0.29) is 11.9 Å². The number of nitrogens with zero attached hydrogens (tertiary/aromatic N) is 2. The SMILES string of the molecule is Cc1nc(N2CCC(C(C)C)CC2)ccc1Nc1ccc(CNC(=O)[C@H]2CCCN2)cc1. The fraction of sp³-hybridized carbons (Fsp3) is 0.538. The first kappa shape index (κ1) is 22.6. The summed E-state index contributed by atoms with van der Waals surface area (Å²) in [4.78, 5) is 19.4. The monoisotopic (exact) mass is 435 g/mol. The number of hydrogen-bond donors (Lipinski definition) is 3. The molecule has 0 aliphatic carbocycles. The Morgan fingerprint density at radius 1 is 1.12 bits per heavy atom. The Bertz CT molecular complexity index is 897. The van der Waals surface area contributed by atoms with Gasteiger partial charge in [0.05, 0.1) is 17.4 Å². The first-order chi connectivity index (χ1) is 15.5. The number of amides is 1. The van der Waals surface area contributed by atoms with Crippen molar-refractivity contribution in [3.63, 3.8) is 0 Å². The Balaban J connectivity index is 1.30. The van der Waals surface area contributed by atoms with Gasteiger partial charge in [-0.1, -0.05) is 26.0 Å². The predicted octanol–water partition coefficient (Wildman–Crippen LogP) is 4.37. The third kappa shape index (κ3) is 5.60. The van der Waals surface area contributed by atoms with Crippen molar-refractivity contribution in [1.29, 1.82) is 0 Å². The Kier molecular flexibility index (Phi) is 7.30. The number of carbonyl (C=O) groups is 1. The van der Waals surface area contributed by atoms with E-state index < -0.39 is 0 Å². The molecule has 0 saturated carbocycles. The molecule has 4 rings (SSSR count). The number of nitrogens with one attached hydrogen (secondary N) is 3. The molecular formula is C26H37N5O. The highest BCUT2D eigenvalue weighted by Gasteiger charge is 2.23. The smallest absolute Gasteiger partial charge is 0.237 e. The third-order valence-corrected chi connectivity index (χ3v) is 6.95. The lowest BCUT2D eigenvalue weighted by Gasteiger charge is -2.34. The molecule has 172 valence electrons. The maximum Gasteiger partial charge on any atom is 0.237 e. The molecule has 1 amide bonds. The van der Waals surface area contributed by atoms with E-state index in [0.717, 1.165) is 72.8 Å². The fourth-order valence-corrected chi connectivity index (χ4v) is 4.73. The Labute approximate surface area is 192 Å². The van der Waals surface area contributed by atoms with Gasteiger partial charge in [-0.2, -0.15) is 0 Å². The zero-order chi connectivity index (χ0) is 22.5. The minimum absolute atomic E-state index is 0.0315. The largest absolute Gasteiger partial charge is 0.357 e. The van der Waals surface area contributed by atoms with Crippen molar-refractivity contribution in [2.75, 3.05) is 29.9 Å². The topological polar surface area (TPSA) is 69.3 Å². The van der Waals surface area contributed by atoms with E-state index in [2.05, 4.69) is 78.0 Å². The number of rotatable bonds is 7. The van der Waals surface area contributed by atoms with Crippen molar-refractivity contribution < 1.29 is 4.79 Å². The normalized spacial score (nSPS) is 19.4. The zero-order valence-corrected chi connectivity index (χ0v) is 19.7. The molecule has 0 spiro atoms. The second-order valence-electron chi connectivity index (χ2n) is 9.56. The van der Waals surface area contributed by atoms with Gasteiger partial charge in [-0.05, 0) is 80.8 Å². The summed E-state index contributed by atoms with van der Waals surface area (Å²) in [6, 6.07) is 12.5. The van der Waals surface area contributed by atoms with Crippen LogP contribution in [0.25, 0.3) is 0 Å². The Morgan fingerprint density at radius 2 is 1.88 bits per heavy atom. The van der Waals surface area contributed by atoms with Crippen molar-refractivity contribution in [3.05, 3.63) is 47.7 Å². The Morgan fingerprint density at radius 3 is 2.50 bits per heavy atom. The molecule has 2 saturated heterocycles. The van der Waals surface area contributed by atoms with Gasteiger partial charge in [0.25, 0.3) is 0 Å². The minimum atomic E-state index is -0.0315. The minimum Gasteiger partial charge on any atom is -0.357 e. The molecule has 32 heavy (non-hydrogen) atoms. The molecule has 1 atom stereocenters. The Hall–Kier alpha value is -2.60. The molecule has 2 fully saturated rings. The van der Waals surface area contributed by atoms with Gasteiger partial charge in [0.1, 0.15) is 5.82 Å². The summed E-state index contributed by atoms with van der Waals surface area (Å²) in [5.74, 6) is 2.78. The van der Waals surface area contributed by atoms with E-state index in [1.165, 1.54) is 12.8 Å². The molecule has 2 aromatic rings. The summed E-state index contributed by atoms with van der Waals surface area (Å²) in [7, 11) is 0. The predicted molar refractivity (Wildman–Crippen MR) is 131 cm³/mol. The number of hydrogen-bond acceptors (Lipinski definition) is 5. The van der Waals surface area contributed by atoms with Crippen LogP contribution in [0.5, 0.6) is 0 Å². The molecule has 6 nitrogen and oxygen atoms in total. The van der Waals surface area contributed by atoms with Crippen LogP contribution in [0.2, 0.25) is 0 Å². The van der Waals surface area contributed by atoms with Crippen LogP contribution in [0.4, 0.5) is 17.2 Å². The first-order valence-electron chi connectivity index (χ1n) is 12.1. The van der Waals surface area contributed by atoms with Crippen molar-refractivity contribution in [2.24, 2.45) is 11.8 Å². The molecule has 2 aliphatic heterocycles. The summed E-state index contributed by atoms with van der Waals surface area (Å²) in [5, 5.41) is 9.75. The van der Waals surface area contributed by atoms with Gasteiger partial charge in [-0.25, -0.2) is 4.98 Å². The van der Waals surface area contributed by atoms with Gasteiger partial charge in [0.15, 0.2) is 0 Å². The van der Waals surface area contributed by atoms with E-state index in [9.17, 15) is 4.79 Å². The average molecular weight is 436 g/mol. The zero-order valence-electron chi connectivity index (χ0n) is 19.7. The van der Waals surface area contributed by atoms with Crippen LogP contribution in [-0.2, 0) is 11.3 Å². The van der Waals surface area contributed by atoms with Gasteiger partial charge in [-0.15, -0.1) is 0 Å². The third-order valence-electron chi connectivity index (χ3n) is 6.95. The quantitative estimate of drug-likeness (QED) is 0.602. The maximum absolute atomic E-state index is 12.2. The van der Waals surface area contributed by atoms with Crippen molar-refractivity contribution >= 4 is 23.1 Å². The molecule has 3 heterocycles. The molecule has 0 radical (unpaired) electrons. The molecule has 6 heteroatoms. The summed E-state index contributed by atoms with van der Waals surface area (Å²) in [5.41, 5.74) is 4.15. The fourth-order valence-electron chi connectivity index (χ4n) is 4.73. The number of carbonyl (C=O) groups excluding carboxylic acids is 1. The van der Waals surface area contributed by atoms with Crippen molar-refractivity contribution in [1.82, 2.24) is 15.6 Å². The molecule has 2 aliphatic rings. The standard InChI is InChI=1S/C26H37N5O/c1-18(2)21-12-15-31(16-13-21)25-11-10-23(19(3)29-25)30-22-8-6-20(7-9-22)17-28-26(32)24-5-4-14-27-24/h6-11,18,21,24,27,30H,4-5,12-17H2,1-3H3,(H,28,32)/t24-/m1/s1. The lowest BCUT2D eigenvalue weighted by atomic mass is 9.87. The lowest BCUT2D eigenvalue weighted by molar-refractivity contribution is -0.122. The van der Waals surface area contributed by atoms with E-state index in [0.29, 0.717) is 6.54 Å². The van der Waals surface area contributed by atoms with E-state index in [1.807, 2.05) is 0 Å². The summed E-state index contributed by atoms with van der Waals surface area (Å²) >= 11 is 0. The van der Waals surface area contributed by atoms with E-state index in [4.69, 9.17) is 4.98 Å². The number of benzene rings is 1.